The second-order valence-corrected chi connectivity index (χ2v) is 4.33. The molecule has 0 atom stereocenters. The summed E-state index contributed by atoms with van der Waals surface area (Å²) in [6.07, 6.45) is -4.44. The molecule has 0 aliphatic rings. The van der Waals surface area contributed by atoms with E-state index in [1.165, 1.54) is 24.3 Å². The van der Waals surface area contributed by atoms with Gasteiger partial charge in [-0.05, 0) is 36.4 Å². The zero-order chi connectivity index (χ0) is 16.3. The predicted octanol–water partition coefficient (Wildman–Crippen LogP) is 3.87. The van der Waals surface area contributed by atoms with Crippen molar-refractivity contribution in [1.29, 1.82) is 0 Å². The Morgan fingerprint density at radius 3 is 2.00 bits per heavy atom. The zero-order valence-corrected chi connectivity index (χ0v) is 10.9. The number of carbonyl (C=O) groups excluding carboxylic acids is 1. The van der Waals surface area contributed by atoms with Crippen molar-refractivity contribution in [3.05, 3.63) is 69.8 Å². The molecule has 0 unspecified atom stereocenters. The van der Waals surface area contributed by atoms with Crippen molar-refractivity contribution >= 4 is 17.3 Å². The van der Waals surface area contributed by atoms with Gasteiger partial charge in [-0.3, -0.25) is 14.9 Å². The molecule has 0 aliphatic heterocycles. The molecule has 2 rings (SSSR count). The van der Waals surface area contributed by atoms with Crippen LogP contribution < -0.4 is 5.32 Å². The molecule has 8 heteroatoms. The Balaban J connectivity index is 2.10. The van der Waals surface area contributed by atoms with Gasteiger partial charge in [-0.2, -0.15) is 13.2 Å². The Morgan fingerprint density at radius 2 is 1.55 bits per heavy atom. The topological polar surface area (TPSA) is 72.2 Å². The quantitative estimate of drug-likeness (QED) is 0.691. The van der Waals surface area contributed by atoms with E-state index in [1.807, 2.05) is 0 Å². The van der Waals surface area contributed by atoms with Crippen molar-refractivity contribution in [3.63, 3.8) is 0 Å². The van der Waals surface area contributed by atoms with Crippen molar-refractivity contribution in [1.82, 2.24) is 0 Å². The average Bonchev–Trinajstić information content (AvgIpc) is 2.47. The largest absolute Gasteiger partial charge is 0.416 e. The van der Waals surface area contributed by atoms with Crippen molar-refractivity contribution in [2.24, 2.45) is 0 Å². The molecule has 2 aromatic carbocycles. The van der Waals surface area contributed by atoms with Crippen LogP contribution in [0.2, 0.25) is 0 Å². The van der Waals surface area contributed by atoms with E-state index < -0.39 is 22.6 Å². The molecule has 1 amide bonds. The molecular formula is C14H9F3N2O3. The number of benzene rings is 2. The lowest BCUT2D eigenvalue weighted by atomic mass is 10.1. The van der Waals surface area contributed by atoms with Gasteiger partial charge < -0.3 is 5.32 Å². The first-order chi connectivity index (χ1) is 10.3. The highest BCUT2D eigenvalue weighted by Gasteiger charge is 2.29. The minimum Gasteiger partial charge on any atom is -0.322 e. The highest BCUT2D eigenvalue weighted by Crippen LogP contribution is 2.29. The Bertz CT molecular complexity index is 695. The van der Waals surface area contributed by atoms with Gasteiger partial charge in [-0.1, -0.05) is 0 Å². The second kappa shape index (κ2) is 5.84. The Morgan fingerprint density at radius 1 is 1.00 bits per heavy atom. The van der Waals surface area contributed by atoms with Crippen LogP contribution in [0.15, 0.2) is 48.5 Å². The monoisotopic (exact) mass is 310 g/mol. The van der Waals surface area contributed by atoms with Crippen LogP contribution in [0.1, 0.15) is 15.9 Å². The fourth-order valence-corrected chi connectivity index (χ4v) is 1.68. The number of nitrogens with zero attached hydrogens (tertiary/aromatic N) is 1. The molecule has 1 N–H and O–H groups in total. The number of amides is 1. The molecule has 0 heterocycles. The molecular weight excluding hydrogens is 301 g/mol. The Kier molecular flexibility index (Phi) is 4.11. The normalized spacial score (nSPS) is 11.0. The average molecular weight is 310 g/mol. The molecule has 0 saturated heterocycles. The van der Waals surface area contributed by atoms with Gasteiger partial charge in [0, 0.05) is 23.4 Å². The van der Waals surface area contributed by atoms with Gasteiger partial charge in [0.2, 0.25) is 0 Å². The van der Waals surface area contributed by atoms with E-state index in [4.69, 9.17) is 0 Å². The summed E-state index contributed by atoms with van der Waals surface area (Å²) in [6, 6.07) is 8.83. The second-order valence-electron chi connectivity index (χ2n) is 4.33. The first-order valence-electron chi connectivity index (χ1n) is 6.00. The van der Waals surface area contributed by atoms with Crippen molar-refractivity contribution in [3.8, 4) is 0 Å². The van der Waals surface area contributed by atoms with Crippen LogP contribution in [0.4, 0.5) is 24.5 Å². The summed E-state index contributed by atoms with van der Waals surface area (Å²) in [7, 11) is 0. The third kappa shape index (κ3) is 3.60. The van der Waals surface area contributed by atoms with Gasteiger partial charge in [0.05, 0.1) is 10.5 Å². The van der Waals surface area contributed by atoms with E-state index in [0.29, 0.717) is 0 Å². The summed E-state index contributed by atoms with van der Waals surface area (Å²) >= 11 is 0. The highest BCUT2D eigenvalue weighted by molar-refractivity contribution is 6.04. The van der Waals surface area contributed by atoms with E-state index in [2.05, 4.69) is 5.32 Å². The van der Waals surface area contributed by atoms with E-state index in [0.717, 1.165) is 24.3 Å². The lowest BCUT2D eigenvalue weighted by Gasteiger charge is -2.08. The Hall–Kier alpha value is -2.90. The van der Waals surface area contributed by atoms with Gasteiger partial charge in [0.15, 0.2) is 0 Å². The van der Waals surface area contributed by atoms with Gasteiger partial charge in [0.25, 0.3) is 11.6 Å². The molecule has 22 heavy (non-hydrogen) atoms. The van der Waals surface area contributed by atoms with Crippen LogP contribution in [-0.2, 0) is 6.18 Å². The maximum absolute atomic E-state index is 12.4. The van der Waals surface area contributed by atoms with Gasteiger partial charge >= 0.3 is 6.18 Å². The number of non-ortho nitro benzene ring substituents is 1. The lowest BCUT2D eigenvalue weighted by molar-refractivity contribution is -0.384. The number of hydrogen-bond donors (Lipinski definition) is 1. The van der Waals surface area contributed by atoms with Gasteiger partial charge in [-0.25, -0.2) is 0 Å². The molecule has 0 bridgehead atoms. The molecule has 5 nitrogen and oxygen atoms in total. The van der Waals surface area contributed by atoms with E-state index >= 15 is 0 Å². The van der Waals surface area contributed by atoms with Crippen LogP contribution in [0, 0.1) is 10.1 Å². The van der Waals surface area contributed by atoms with Crippen LogP contribution in [0.25, 0.3) is 0 Å². The SMILES string of the molecule is O=C(Nc1ccc(C(F)(F)F)cc1)c1ccc([N+](=O)[O-])cc1. The number of halogens is 3. The number of hydrogen-bond acceptors (Lipinski definition) is 3. The maximum Gasteiger partial charge on any atom is 0.416 e. The standard InChI is InChI=1S/C14H9F3N2O3/c15-14(16,17)10-3-5-11(6-4-10)18-13(20)9-1-7-12(8-2-9)19(21)22/h1-8H,(H,18,20). The number of rotatable bonds is 3. The lowest BCUT2D eigenvalue weighted by Crippen LogP contribution is -2.12. The number of nitro groups is 1. The van der Waals surface area contributed by atoms with Crippen LogP contribution >= 0.6 is 0 Å². The van der Waals surface area contributed by atoms with Crippen molar-refractivity contribution < 1.29 is 22.9 Å². The fraction of sp³-hybridized carbons (Fsp3) is 0.0714. The highest BCUT2D eigenvalue weighted by atomic mass is 19.4. The van der Waals surface area contributed by atoms with Crippen LogP contribution in [0.5, 0.6) is 0 Å². The van der Waals surface area contributed by atoms with E-state index in [1.54, 1.807) is 0 Å². The maximum atomic E-state index is 12.4. The summed E-state index contributed by atoms with van der Waals surface area (Å²) in [5.41, 5.74) is -0.631. The zero-order valence-electron chi connectivity index (χ0n) is 10.9. The third-order valence-electron chi connectivity index (χ3n) is 2.81. The summed E-state index contributed by atoms with van der Waals surface area (Å²) in [5, 5.41) is 12.9. The molecule has 0 radical (unpaired) electrons. The molecule has 0 aromatic heterocycles. The first-order valence-corrected chi connectivity index (χ1v) is 6.00. The predicted molar refractivity (Wildman–Crippen MR) is 72.5 cm³/mol. The van der Waals surface area contributed by atoms with Crippen molar-refractivity contribution in [2.45, 2.75) is 6.18 Å². The molecule has 0 saturated carbocycles. The smallest absolute Gasteiger partial charge is 0.322 e. The molecule has 2 aromatic rings. The Labute approximate surface area is 122 Å². The molecule has 114 valence electrons. The molecule has 0 spiro atoms. The summed E-state index contributed by atoms with van der Waals surface area (Å²) < 4.78 is 37.2. The fourth-order valence-electron chi connectivity index (χ4n) is 1.68. The molecule has 0 fully saturated rings. The van der Waals surface area contributed by atoms with E-state index in [-0.39, 0.29) is 16.9 Å². The number of anilines is 1. The summed E-state index contributed by atoms with van der Waals surface area (Å²) in [5.74, 6) is -0.574. The minimum atomic E-state index is -4.44. The van der Waals surface area contributed by atoms with Crippen molar-refractivity contribution in [2.75, 3.05) is 5.32 Å². The van der Waals surface area contributed by atoms with Gasteiger partial charge in [0.1, 0.15) is 0 Å². The summed E-state index contributed by atoms with van der Waals surface area (Å²) in [6.45, 7) is 0. The number of nitro benzene ring substituents is 1. The van der Waals surface area contributed by atoms with Crippen LogP contribution in [0.3, 0.4) is 0 Å². The number of alkyl halides is 3. The van der Waals surface area contributed by atoms with E-state index in [9.17, 15) is 28.1 Å². The number of nitrogens with one attached hydrogen (secondary N) is 1. The summed E-state index contributed by atoms with van der Waals surface area (Å²) in [4.78, 5) is 21.8. The number of carbonyl (C=O) groups is 1. The van der Waals surface area contributed by atoms with Crippen LogP contribution in [-0.4, -0.2) is 10.8 Å². The van der Waals surface area contributed by atoms with Gasteiger partial charge in [-0.15, -0.1) is 0 Å². The first kappa shape index (κ1) is 15.5. The minimum absolute atomic E-state index is 0.158. The third-order valence-corrected chi connectivity index (χ3v) is 2.81. The molecule has 0 aliphatic carbocycles.